The highest BCUT2D eigenvalue weighted by Crippen LogP contribution is 2.41. The van der Waals surface area contributed by atoms with Gasteiger partial charge in [0.2, 0.25) is 0 Å². The first-order valence-corrected chi connectivity index (χ1v) is 5.70. The van der Waals surface area contributed by atoms with Gasteiger partial charge >= 0.3 is 0 Å². The minimum atomic E-state index is -0.380. The molecule has 0 aliphatic rings. The largest absolute Gasteiger partial charge is 0.504 e. The Morgan fingerprint density at radius 1 is 1.26 bits per heavy atom. The van der Waals surface area contributed by atoms with E-state index in [1.807, 2.05) is 0 Å². The van der Waals surface area contributed by atoms with Gasteiger partial charge in [-0.05, 0) is 36.2 Å². The predicted molar refractivity (Wildman–Crippen MR) is 70.2 cm³/mol. The SMILES string of the molecule is COc1c(C)cc(C=O)c(-c2ccc(F)cc2)c1O. The molecule has 0 fully saturated rings. The van der Waals surface area contributed by atoms with Gasteiger partial charge in [0.25, 0.3) is 0 Å². The normalized spacial score (nSPS) is 10.3. The third-order valence-electron chi connectivity index (χ3n) is 2.93. The van der Waals surface area contributed by atoms with Crippen molar-refractivity contribution in [3.8, 4) is 22.6 Å². The van der Waals surface area contributed by atoms with Crippen molar-refractivity contribution < 1.29 is 19.0 Å². The first-order valence-electron chi connectivity index (χ1n) is 5.70. The fraction of sp³-hybridized carbons (Fsp3) is 0.133. The standard InChI is InChI=1S/C15H13FO3/c1-9-7-11(8-17)13(14(18)15(9)19-2)10-3-5-12(16)6-4-10/h3-8,18H,1-2H3. The van der Waals surface area contributed by atoms with Crippen LogP contribution in [0.15, 0.2) is 30.3 Å². The van der Waals surface area contributed by atoms with Gasteiger partial charge in [0.15, 0.2) is 17.8 Å². The molecule has 0 spiro atoms. The maximum Gasteiger partial charge on any atom is 0.166 e. The molecule has 0 aliphatic heterocycles. The molecular weight excluding hydrogens is 247 g/mol. The first-order chi connectivity index (χ1) is 9.08. The maximum absolute atomic E-state index is 12.9. The van der Waals surface area contributed by atoms with Crippen LogP contribution in [0.4, 0.5) is 4.39 Å². The monoisotopic (exact) mass is 260 g/mol. The van der Waals surface area contributed by atoms with E-state index in [4.69, 9.17) is 4.74 Å². The number of hydrogen-bond acceptors (Lipinski definition) is 3. The van der Waals surface area contributed by atoms with Gasteiger partial charge in [-0.25, -0.2) is 4.39 Å². The second-order valence-electron chi connectivity index (χ2n) is 4.16. The fourth-order valence-corrected chi connectivity index (χ4v) is 2.08. The zero-order valence-electron chi connectivity index (χ0n) is 10.6. The molecule has 2 aromatic carbocycles. The van der Waals surface area contributed by atoms with Gasteiger partial charge in [-0.3, -0.25) is 4.79 Å². The van der Waals surface area contributed by atoms with Crippen LogP contribution in [0.2, 0.25) is 0 Å². The Hall–Kier alpha value is -2.36. The van der Waals surface area contributed by atoms with E-state index in [9.17, 15) is 14.3 Å². The number of carbonyl (C=O) groups is 1. The van der Waals surface area contributed by atoms with E-state index in [0.717, 1.165) is 0 Å². The summed E-state index contributed by atoms with van der Waals surface area (Å²) in [4.78, 5) is 11.1. The van der Waals surface area contributed by atoms with Crippen molar-refractivity contribution in [2.45, 2.75) is 6.92 Å². The molecule has 4 heteroatoms. The highest BCUT2D eigenvalue weighted by molar-refractivity contribution is 5.92. The number of aryl methyl sites for hydroxylation is 1. The molecule has 0 unspecified atom stereocenters. The summed E-state index contributed by atoms with van der Waals surface area (Å²) in [7, 11) is 1.44. The van der Waals surface area contributed by atoms with Gasteiger partial charge in [-0.2, -0.15) is 0 Å². The van der Waals surface area contributed by atoms with E-state index in [1.165, 1.54) is 31.4 Å². The van der Waals surface area contributed by atoms with Crippen LogP contribution in [0.1, 0.15) is 15.9 Å². The number of aromatic hydroxyl groups is 1. The van der Waals surface area contributed by atoms with Crippen LogP contribution in [0.25, 0.3) is 11.1 Å². The summed E-state index contributed by atoms with van der Waals surface area (Å²) >= 11 is 0. The molecule has 0 aromatic heterocycles. The highest BCUT2D eigenvalue weighted by Gasteiger charge is 2.17. The molecule has 2 rings (SSSR count). The Bertz CT molecular complexity index is 618. The molecule has 19 heavy (non-hydrogen) atoms. The molecule has 0 heterocycles. The summed E-state index contributed by atoms with van der Waals surface area (Å²) in [6.07, 6.45) is 0.658. The van der Waals surface area contributed by atoms with Crippen molar-refractivity contribution in [3.05, 3.63) is 47.3 Å². The van der Waals surface area contributed by atoms with E-state index in [0.29, 0.717) is 34.3 Å². The maximum atomic E-state index is 12.9. The van der Waals surface area contributed by atoms with Gasteiger partial charge < -0.3 is 9.84 Å². The van der Waals surface area contributed by atoms with Gasteiger partial charge in [0.1, 0.15) is 5.82 Å². The number of ether oxygens (including phenoxy) is 1. The Kier molecular flexibility index (Phi) is 3.51. The summed E-state index contributed by atoms with van der Waals surface area (Å²) in [6.45, 7) is 1.74. The molecule has 1 N–H and O–H groups in total. The molecule has 0 aliphatic carbocycles. The Morgan fingerprint density at radius 2 is 1.89 bits per heavy atom. The quantitative estimate of drug-likeness (QED) is 0.861. The fourth-order valence-electron chi connectivity index (χ4n) is 2.08. The molecule has 0 saturated carbocycles. The van der Waals surface area contributed by atoms with Crippen molar-refractivity contribution >= 4 is 6.29 Å². The number of hydrogen-bond donors (Lipinski definition) is 1. The number of benzene rings is 2. The van der Waals surface area contributed by atoms with E-state index in [2.05, 4.69) is 0 Å². The number of rotatable bonds is 3. The van der Waals surface area contributed by atoms with Crippen molar-refractivity contribution in [1.29, 1.82) is 0 Å². The molecule has 3 nitrogen and oxygen atoms in total. The van der Waals surface area contributed by atoms with Crippen LogP contribution in [0, 0.1) is 12.7 Å². The molecule has 0 radical (unpaired) electrons. The highest BCUT2D eigenvalue weighted by atomic mass is 19.1. The third-order valence-corrected chi connectivity index (χ3v) is 2.93. The summed E-state index contributed by atoms with van der Waals surface area (Å²) < 4.78 is 18.1. The number of halogens is 1. The second kappa shape index (κ2) is 5.10. The van der Waals surface area contributed by atoms with Crippen molar-refractivity contribution in [2.24, 2.45) is 0 Å². The lowest BCUT2D eigenvalue weighted by Gasteiger charge is -2.14. The topological polar surface area (TPSA) is 46.5 Å². The lowest BCUT2D eigenvalue weighted by Crippen LogP contribution is -1.95. The van der Waals surface area contributed by atoms with Crippen LogP contribution in [-0.4, -0.2) is 18.5 Å². The Labute approximate surface area is 110 Å². The average Bonchev–Trinajstić information content (AvgIpc) is 2.40. The zero-order valence-corrected chi connectivity index (χ0v) is 10.6. The van der Waals surface area contributed by atoms with Gasteiger partial charge in [0.05, 0.1) is 7.11 Å². The number of phenolic OH excluding ortho intramolecular Hbond substituents is 1. The minimum Gasteiger partial charge on any atom is -0.504 e. The average molecular weight is 260 g/mol. The number of methoxy groups -OCH3 is 1. The first kappa shape index (κ1) is 13.1. The minimum absolute atomic E-state index is 0.115. The number of aldehydes is 1. The van der Waals surface area contributed by atoms with E-state index < -0.39 is 0 Å². The summed E-state index contributed by atoms with van der Waals surface area (Å²) in [6, 6.07) is 7.19. The van der Waals surface area contributed by atoms with E-state index in [1.54, 1.807) is 13.0 Å². The predicted octanol–water partition coefficient (Wildman–Crippen LogP) is 3.33. The van der Waals surface area contributed by atoms with Crippen LogP contribution in [0.3, 0.4) is 0 Å². The summed E-state index contributed by atoms with van der Waals surface area (Å²) in [5, 5.41) is 10.2. The lowest BCUT2D eigenvalue weighted by atomic mass is 9.96. The van der Waals surface area contributed by atoms with Crippen LogP contribution in [0.5, 0.6) is 11.5 Å². The molecule has 0 bridgehead atoms. The van der Waals surface area contributed by atoms with E-state index >= 15 is 0 Å². The van der Waals surface area contributed by atoms with Crippen molar-refractivity contribution in [3.63, 3.8) is 0 Å². The summed E-state index contributed by atoms with van der Waals surface area (Å²) in [5.41, 5.74) is 1.90. The van der Waals surface area contributed by atoms with Crippen LogP contribution in [-0.2, 0) is 0 Å². The lowest BCUT2D eigenvalue weighted by molar-refractivity contribution is 0.112. The molecule has 0 atom stereocenters. The Balaban J connectivity index is 2.73. The zero-order chi connectivity index (χ0) is 14.0. The van der Waals surface area contributed by atoms with Gasteiger partial charge in [0, 0.05) is 11.1 Å². The van der Waals surface area contributed by atoms with Crippen LogP contribution >= 0.6 is 0 Å². The van der Waals surface area contributed by atoms with Crippen molar-refractivity contribution in [2.75, 3.05) is 7.11 Å². The molecule has 0 amide bonds. The molecular formula is C15H13FO3. The summed E-state index contributed by atoms with van der Waals surface area (Å²) in [5.74, 6) is -0.184. The second-order valence-corrected chi connectivity index (χ2v) is 4.16. The van der Waals surface area contributed by atoms with Gasteiger partial charge in [-0.15, -0.1) is 0 Å². The van der Waals surface area contributed by atoms with Crippen molar-refractivity contribution in [1.82, 2.24) is 0 Å². The smallest absolute Gasteiger partial charge is 0.166 e. The molecule has 0 saturated heterocycles. The van der Waals surface area contributed by atoms with Gasteiger partial charge in [-0.1, -0.05) is 12.1 Å². The number of carbonyl (C=O) groups excluding carboxylic acids is 1. The third kappa shape index (κ3) is 2.29. The molecule has 2 aromatic rings. The Morgan fingerprint density at radius 3 is 2.42 bits per heavy atom. The molecule has 98 valence electrons. The van der Waals surface area contributed by atoms with Crippen LogP contribution < -0.4 is 4.74 Å². The number of phenols is 1. The van der Waals surface area contributed by atoms with E-state index in [-0.39, 0.29) is 11.6 Å².